The highest BCUT2D eigenvalue weighted by Crippen LogP contribution is 2.32. The summed E-state index contributed by atoms with van der Waals surface area (Å²) in [6, 6.07) is 12.9. The van der Waals surface area contributed by atoms with E-state index in [4.69, 9.17) is 17.0 Å². The summed E-state index contributed by atoms with van der Waals surface area (Å²) < 4.78 is 0.503. The van der Waals surface area contributed by atoms with Crippen LogP contribution in [0.1, 0.15) is 11.1 Å². The van der Waals surface area contributed by atoms with Crippen molar-refractivity contribution in [3.8, 4) is 5.75 Å². The van der Waals surface area contributed by atoms with Crippen LogP contribution in [0.2, 0.25) is 5.02 Å². The maximum atomic E-state index is 9.92. The zero-order valence-corrected chi connectivity index (χ0v) is 11.8. The molecule has 0 saturated heterocycles. The minimum atomic E-state index is 0.0559. The first-order chi connectivity index (χ1) is 8.58. The maximum Gasteiger partial charge on any atom is 0.138 e. The molecule has 0 aromatic heterocycles. The standard InChI is InChI=1S/C14H11BrClNO/c15-12-8-10(16)7-11(14(12)18)13(17)6-9-4-2-1-3-5-9/h1-5,7-8,17-18H,6H2. The number of phenolic OH excluding ortho intramolecular Hbond substituents is 1. The molecule has 92 valence electrons. The van der Waals surface area contributed by atoms with Crippen LogP contribution >= 0.6 is 27.5 Å². The summed E-state index contributed by atoms with van der Waals surface area (Å²) in [6.07, 6.45) is 0.460. The number of hydrogen-bond donors (Lipinski definition) is 2. The van der Waals surface area contributed by atoms with Crippen LogP contribution in [0.5, 0.6) is 5.75 Å². The Kier molecular flexibility index (Phi) is 4.04. The van der Waals surface area contributed by atoms with Crippen molar-refractivity contribution >= 4 is 33.2 Å². The number of halogens is 2. The number of aromatic hydroxyl groups is 1. The van der Waals surface area contributed by atoms with Crippen molar-refractivity contribution in [1.82, 2.24) is 0 Å². The van der Waals surface area contributed by atoms with Gasteiger partial charge in [-0.25, -0.2) is 0 Å². The third-order valence-electron chi connectivity index (χ3n) is 2.58. The van der Waals surface area contributed by atoms with E-state index in [1.165, 1.54) is 0 Å². The van der Waals surface area contributed by atoms with Gasteiger partial charge in [0.2, 0.25) is 0 Å². The van der Waals surface area contributed by atoms with Gasteiger partial charge in [0.05, 0.1) is 4.47 Å². The quantitative estimate of drug-likeness (QED) is 0.807. The molecule has 0 bridgehead atoms. The Morgan fingerprint density at radius 1 is 1.22 bits per heavy atom. The van der Waals surface area contributed by atoms with E-state index in [1.807, 2.05) is 30.3 Å². The summed E-state index contributed by atoms with van der Waals surface area (Å²) in [6.45, 7) is 0. The third kappa shape index (κ3) is 2.92. The van der Waals surface area contributed by atoms with Crippen LogP contribution in [0, 0.1) is 5.41 Å². The fraction of sp³-hybridized carbons (Fsp3) is 0.0714. The molecule has 0 aliphatic heterocycles. The van der Waals surface area contributed by atoms with E-state index in [2.05, 4.69) is 15.9 Å². The number of nitrogens with one attached hydrogen (secondary N) is 1. The molecule has 4 heteroatoms. The van der Waals surface area contributed by atoms with Gasteiger partial charge >= 0.3 is 0 Å². The van der Waals surface area contributed by atoms with Crippen molar-refractivity contribution in [2.45, 2.75) is 6.42 Å². The molecule has 18 heavy (non-hydrogen) atoms. The van der Waals surface area contributed by atoms with Crippen LogP contribution in [0.25, 0.3) is 0 Å². The molecule has 0 amide bonds. The predicted octanol–water partition coefficient (Wildman–Crippen LogP) is 4.42. The van der Waals surface area contributed by atoms with Gasteiger partial charge in [-0.1, -0.05) is 41.9 Å². The monoisotopic (exact) mass is 323 g/mol. The van der Waals surface area contributed by atoms with Crippen LogP contribution in [0.15, 0.2) is 46.9 Å². The Bertz CT molecular complexity index is 584. The van der Waals surface area contributed by atoms with Crippen LogP contribution in [0.3, 0.4) is 0 Å². The van der Waals surface area contributed by atoms with Gasteiger partial charge in [-0.15, -0.1) is 0 Å². The molecule has 2 aromatic carbocycles. The van der Waals surface area contributed by atoms with Gasteiger partial charge in [0.15, 0.2) is 0 Å². The van der Waals surface area contributed by atoms with E-state index < -0.39 is 0 Å². The van der Waals surface area contributed by atoms with Crippen molar-refractivity contribution in [1.29, 1.82) is 5.41 Å². The molecule has 2 nitrogen and oxygen atoms in total. The molecule has 0 unspecified atom stereocenters. The van der Waals surface area contributed by atoms with Crippen molar-refractivity contribution in [2.75, 3.05) is 0 Å². The second-order valence-corrected chi connectivity index (χ2v) is 5.22. The lowest BCUT2D eigenvalue weighted by atomic mass is 10.0. The lowest BCUT2D eigenvalue weighted by Crippen LogP contribution is -2.04. The van der Waals surface area contributed by atoms with E-state index in [9.17, 15) is 5.11 Å². The minimum Gasteiger partial charge on any atom is -0.506 e. The lowest BCUT2D eigenvalue weighted by molar-refractivity contribution is 0.470. The van der Waals surface area contributed by atoms with Gasteiger partial charge in [0.1, 0.15) is 5.75 Å². The largest absolute Gasteiger partial charge is 0.506 e. The predicted molar refractivity (Wildman–Crippen MR) is 77.8 cm³/mol. The van der Waals surface area contributed by atoms with Crippen LogP contribution in [0.4, 0.5) is 0 Å². The topological polar surface area (TPSA) is 44.1 Å². The molecule has 0 radical (unpaired) electrons. The molecule has 0 fully saturated rings. The molecule has 2 rings (SSSR count). The molecule has 2 aromatic rings. The lowest BCUT2D eigenvalue weighted by Gasteiger charge is -2.09. The molecular formula is C14H11BrClNO. The van der Waals surface area contributed by atoms with Gasteiger partial charge in [-0.2, -0.15) is 0 Å². The second kappa shape index (κ2) is 5.55. The van der Waals surface area contributed by atoms with Crippen LogP contribution < -0.4 is 0 Å². The van der Waals surface area contributed by atoms with E-state index in [0.717, 1.165) is 5.56 Å². The highest BCUT2D eigenvalue weighted by atomic mass is 79.9. The Morgan fingerprint density at radius 2 is 1.89 bits per heavy atom. The number of phenols is 1. The normalized spacial score (nSPS) is 10.3. The van der Waals surface area contributed by atoms with Crippen molar-refractivity contribution in [2.24, 2.45) is 0 Å². The van der Waals surface area contributed by atoms with E-state index in [-0.39, 0.29) is 5.75 Å². The summed E-state index contributed by atoms with van der Waals surface area (Å²) in [5.41, 5.74) is 1.82. The van der Waals surface area contributed by atoms with Crippen LogP contribution in [-0.4, -0.2) is 10.8 Å². The van der Waals surface area contributed by atoms with Gasteiger partial charge in [0.25, 0.3) is 0 Å². The minimum absolute atomic E-state index is 0.0559. The zero-order chi connectivity index (χ0) is 13.1. The summed E-state index contributed by atoms with van der Waals surface area (Å²) >= 11 is 9.15. The summed E-state index contributed by atoms with van der Waals surface area (Å²) in [7, 11) is 0. The Labute approximate surface area is 119 Å². The SMILES string of the molecule is N=C(Cc1ccccc1)c1cc(Cl)cc(Br)c1O. The van der Waals surface area contributed by atoms with E-state index >= 15 is 0 Å². The Hall–Kier alpha value is -1.32. The Morgan fingerprint density at radius 3 is 2.56 bits per heavy atom. The van der Waals surface area contributed by atoms with Gasteiger partial charge < -0.3 is 10.5 Å². The fourth-order valence-electron chi connectivity index (χ4n) is 1.69. The van der Waals surface area contributed by atoms with Crippen molar-refractivity contribution < 1.29 is 5.11 Å². The van der Waals surface area contributed by atoms with Gasteiger partial charge in [0, 0.05) is 22.7 Å². The Balaban J connectivity index is 2.30. The van der Waals surface area contributed by atoms with Crippen molar-refractivity contribution in [3.63, 3.8) is 0 Å². The van der Waals surface area contributed by atoms with Gasteiger partial charge in [-0.3, -0.25) is 0 Å². The van der Waals surface area contributed by atoms with Gasteiger partial charge in [-0.05, 0) is 33.6 Å². The maximum absolute atomic E-state index is 9.92. The highest BCUT2D eigenvalue weighted by molar-refractivity contribution is 9.10. The molecule has 2 N–H and O–H groups in total. The second-order valence-electron chi connectivity index (χ2n) is 3.92. The molecule has 0 saturated carbocycles. The van der Waals surface area contributed by atoms with Crippen LogP contribution in [-0.2, 0) is 6.42 Å². The molecule has 0 heterocycles. The third-order valence-corrected chi connectivity index (χ3v) is 3.40. The number of benzene rings is 2. The smallest absolute Gasteiger partial charge is 0.138 e. The average Bonchev–Trinajstić information content (AvgIpc) is 2.35. The van der Waals surface area contributed by atoms with Crippen molar-refractivity contribution in [3.05, 3.63) is 63.1 Å². The molecule has 0 aliphatic carbocycles. The molecule has 0 atom stereocenters. The molecule has 0 spiro atoms. The fourth-order valence-corrected chi connectivity index (χ4v) is 2.50. The zero-order valence-electron chi connectivity index (χ0n) is 9.45. The average molecular weight is 325 g/mol. The summed E-state index contributed by atoms with van der Waals surface area (Å²) in [5, 5.41) is 18.5. The first kappa shape index (κ1) is 13.1. The summed E-state index contributed by atoms with van der Waals surface area (Å²) in [5.74, 6) is 0.0559. The molecular weight excluding hydrogens is 314 g/mol. The molecule has 0 aliphatic rings. The first-order valence-corrected chi connectivity index (χ1v) is 6.55. The number of rotatable bonds is 3. The van der Waals surface area contributed by atoms with E-state index in [0.29, 0.717) is 27.2 Å². The van der Waals surface area contributed by atoms with E-state index in [1.54, 1.807) is 12.1 Å². The highest BCUT2D eigenvalue weighted by Gasteiger charge is 2.12. The first-order valence-electron chi connectivity index (χ1n) is 5.37. The summed E-state index contributed by atoms with van der Waals surface area (Å²) in [4.78, 5) is 0. The number of hydrogen-bond acceptors (Lipinski definition) is 2.